The van der Waals surface area contributed by atoms with Crippen molar-refractivity contribution in [3.8, 4) is 0 Å². The molecule has 4 aromatic carbocycles. The fourth-order valence-corrected chi connectivity index (χ4v) is 2.85. The number of nitro benzene ring substituents is 1. The molecule has 4 rings (SSSR count). The normalized spacial score (nSPS) is 11.2. The fourth-order valence-electron chi connectivity index (χ4n) is 2.85. The number of nitrogens with zero attached hydrogens (tertiary/aromatic N) is 1. The van der Waals surface area contributed by atoms with Crippen LogP contribution in [0.4, 0.5) is 5.69 Å². The Kier molecular flexibility index (Phi) is 2.42. The molecule has 0 radical (unpaired) electrons. The maximum atomic E-state index is 11.0. The van der Waals surface area contributed by atoms with Crippen molar-refractivity contribution in [2.24, 2.45) is 0 Å². The molecule has 100 valence electrons. The predicted molar refractivity (Wildman–Crippen MR) is 85.6 cm³/mol. The molecule has 0 fully saturated rings. The number of benzene rings is 4. The molecule has 0 aliphatic carbocycles. The van der Waals surface area contributed by atoms with E-state index >= 15 is 0 Å². The van der Waals surface area contributed by atoms with E-state index in [0.29, 0.717) is 0 Å². The number of nitro groups is 1. The number of non-ortho nitro benzene ring substituents is 1. The van der Waals surface area contributed by atoms with E-state index in [2.05, 4.69) is 30.3 Å². The van der Waals surface area contributed by atoms with Gasteiger partial charge in [-0.05, 0) is 50.5 Å². The van der Waals surface area contributed by atoms with Crippen LogP contribution in [0.3, 0.4) is 0 Å². The maximum Gasteiger partial charge on any atom is 0.270 e. The van der Waals surface area contributed by atoms with E-state index in [-0.39, 0.29) is 10.6 Å². The van der Waals surface area contributed by atoms with Gasteiger partial charge in [0.2, 0.25) is 0 Å². The van der Waals surface area contributed by atoms with Crippen molar-refractivity contribution in [1.29, 1.82) is 0 Å². The molecule has 0 bridgehead atoms. The van der Waals surface area contributed by atoms with Gasteiger partial charge in [0.05, 0.1) is 4.92 Å². The summed E-state index contributed by atoms with van der Waals surface area (Å²) in [6.07, 6.45) is 0. The SMILES string of the molecule is O=[N+]([O-])c1ccc2ccc3cc4ccccc4cc3c2c1. The molecule has 0 spiro atoms. The largest absolute Gasteiger partial charge is 0.270 e. The summed E-state index contributed by atoms with van der Waals surface area (Å²) in [4.78, 5) is 10.7. The summed E-state index contributed by atoms with van der Waals surface area (Å²) in [6, 6.07) is 21.5. The molecule has 3 heteroatoms. The third-order valence-electron chi connectivity index (χ3n) is 3.90. The first-order valence-corrected chi connectivity index (χ1v) is 6.72. The molecule has 21 heavy (non-hydrogen) atoms. The molecule has 0 N–H and O–H groups in total. The van der Waals surface area contributed by atoms with Crippen LogP contribution in [0.1, 0.15) is 0 Å². The molecule has 0 atom stereocenters. The van der Waals surface area contributed by atoms with Crippen LogP contribution in [-0.4, -0.2) is 4.92 Å². The lowest BCUT2D eigenvalue weighted by atomic mass is 9.98. The molecule has 0 saturated carbocycles. The van der Waals surface area contributed by atoms with E-state index < -0.39 is 0 Å². The summed E-state index contributed by atoms with van der Waals surface area (Å²) in [7, 11) is 0. The van der Waals surface area contributed by atoms with E-state index in [0.717, 1.165) is 26.9 Å². The Balaban J connectivity index is 2.17. The highest BCUT2D eigenvalue weighted by atomic mass is 16.6. The summed E-state index contributed by atoms with van der Waals surface area (Å²) >= 11 is 0. The maximum absolute atomic E-state index is 11.0. The van der Waals surface area contributed by atoms with Crippen LogP contribution in [-0.2, 0) is 0 Å². The third kappa shape index (κ3) is 1.82. The minimum Gasteiger partial charge on any atom is -0.258 e. The number of hydrogen-bond acceptors (Lipinski definition) is 2. The van der Waals surface area contributed by atoms with Gasteiger partial charge in [-0.15, -0.1) is 0 Å². The lowest BCUT2D eigenvalue weighted by Gasteiger charge is -2.06. The zero-order valence-electron chi connectivity index (χ0n) is 11.1. The van der Waals surface area contributed by atoms with Crippen molar-refractivity contribution in [2.45, 2.75) is 0 Å². The second-order valence-corrected chi connectivity index (χ2v) is 5.15. The zero-order valence-corrected chi connectivity index (χ0v) is 11.1. The number of rotatable bonds is 1. The summed E-state index contributed by atoms with van der Waals surface area (Å²) in [5, 5.41) is 17.4. The first-order chi connectivity index (χ1) is 10.2. The van der Waals surface area contributed by atoms with Crippen LogP contribution in [0.15, 0.2) is 66.7 Å². The first kappa shape index (κ1) is 11.9. The fraction of sp³-hybridized carbons (Fsp3) is 0. The van der Waals surface area contributed by atoms with Crippen molar-refractivity contribution in [3.63, 3.8) is 0 Å². The lowest BCUT2D eigenvalue weighted by molar-refractivity contribution is -0.384. The summed E-state index contributed by atoms with van der Waals surface area (Å²) in [5.74, 6) is 0. The minimum atomic E-state index is -0.348. The first-order valence-electron chi connectivity index (χ1n) is 6.72. The van der Waals surface area contributed by atoms with Gasteiger partial charge in [-0.1, -0.05) is 36.4 Å². The van der Waals surface area contributed by atoms with Crippen LogP contribution in [0, 0.1) is 10.1 Å². The molecule has 4 aromatic rings. The average Bonchev–Trinajstić information content (AvgIpc) is 2.52. The zero-order chi connectivity index (χ0) is 14.4. The van der Waals surface area contributed by atoms with Crippen LogP contribution in [0.25, 0.3) is 32.3 Å². The highest BCUT2D eigenvalue weighted by molar-refractivity contribution is 6.12. The van der Waals surface area contributed by atoms with Crippen molar-refractivity contribution in [2.75, 3.05) is 0 Å². The van der Waals surface area contributed by atoms with Crippen molar-refractivity contribution in [1.82, 2.24) is 0 Å². The molecule has 3 nitrogen and oxygen atoms in total. The predicted octanol–water partition coefficient (Wildman–Crippen LogP) is 5.05. The molecule has 0 amide bonds. The lowest BCUT2D eigenvalue weighted by Crippen LogP contribution is -1.88. The van der Waals surface area contributed by atoms with Crippen LogP contribution >= 0.6 is 0 Å². The summed E-state index contributed by atoms with van der Waals surface area (Å²) in [6.45, 7) is 0. The van der Waals surface area contributed by atoms with Crippen LogP contribution in [0.5, 0.6) is 0 Å². The average molecular weight is 273 g/mol. The molecule has 0 heterocycles. The van der Waals surface area contributed by atoms with Gasteiger partial charge in [-0.2, -0.15) is 0 Å². The molecular weight excluding hydrogens is 262 g/mol. The minimum absolute atomic E-state index is 0.128. The van der Waals surface area contributed by atoms with Crippen LogP contribution in [0.2, 0.25) is 0 Å². The topological polar surface area (TPSA) is 43.1 Å². The molecular formula is C18H11NO2. The number of hydrogen-bond donors (Lipinski definition) is 0. The van der Waals surface area contributed by atoms with Gasteiger partial charge >= 0.3 is 0 Å². The van der Waals surface area contributed by atoms with E-state index in [4.69, 9.17) is 0 Å². The monoisotopic (exact) mass is 273 g/mol. The highest BCUT2D eigenvalue weighted by Gasteiger charge is 2.09. The van der Waals surface area contributed by atoms with Crippen molar-refractivity contribution < 1.29 is 4.92 Å². The second kappa shape index (κ2) is 4.28. The van der Waals surface area contributed by atoms with E-state index in [9.17, 15) is 10.1 Å². The van der Waals surface area contributed by atoms with Gasteiger partial charge in [-0.25, -0.2) is 0 Å². The summed E-state index contributed by atoms with van der Waals surface area (Å²) < 4.78 is 0. The quantitative estimate of drug-likeness (QED) is 0.211. The van der Waals surface area contributed by atoms with Gasteiger partial charge in [0.15, 0.2) is 0 Å². The Hall–Kier alpha value is -2.94. The third-order valence-corrected chi connectivity index (χ3v) is 3.90. The molecule has 0 aliphatic heterocycles. The Bertz CT molecular complexity index is 1020. The smallest absolute Gasteiger partial charge is 0.258 e. The van der Waals surface area contributed by atoms with E-state index in [1.807, 2.05) is 24.3 Å². The molecule has 0 aromatic heterocycles. The second-order valence-electron chi connectivity index (χ2n) is 5.15. The standard InChI is InChI=1S/C18H11NO2/c20-19(21)16-8-7-12-5-6-15-9-13-3-1-2-4-14(13)10-17(15)18(12)11-16/h1-11H. The Morgan fingerprint density at radius 2 is 1.29 bits per heavy atom. The van der Waals surface area contributed by atoms with E-state index in [1.54, 1.807) is 12.1 Å². The Morgan fingerprint density at radius 3 is 2.05 bits per heavy atom. The summed E-state index contributed by atoms with van der Waals surface area (Å²) in [5.41, 5.74) is 0.128. The molecule has 0 saturated heterocycles. The van der Waals surface area contributed by atoms with E-state index in [1.165, 1.54) is 5.39 Å². The Labute approximate surface area is 120 Å². The van der Waals surface area contributed by atoms with Crippen molar-refractivity contribution in [3.05, 3.63) is 76.8 Å². The highest BCUT2D eigenvalue weighted by Crippen LogP contribution is 2.31. The van der Waals surface area contributed by atoms with Gasteiger partial charge in [-0.3, -0.25) is 10.1 Å². The van der Waals surface area contributed by atoms with Crippen molar-refractivity contribution >= 4 is 38.0 Å². The van der Waals surface area contributed by atoms with Gasteiger partial charge < -0.3 is 0 Å². The number of fused-ring (bicyclic) bond motifs is 4. The Morgan fingerprint density at radius 1 is 0.667 bits per heavy atom. The van der Waals surface area contributed by atoms with Gasteiger partial charge in [0.25, 0.3) is 5.69 Å². The molecule has 0 unspecified atom stereocenters. The molecule has 0 aliphatic rings. The van der Waals surface area contributed by atoms with Gasteiger partial charge in [0, 0.05) is 12.1 Å². The van der Waals surface area contributed by atoms with Gasteiger partial charge in [0.1, 0.15) is 0 Å². The van der Waals surface area contributed by atoms with Crippen LogP contribution < -0.4 is 0 Å².